The van der Waals surface area contributed by atoms with Crippen LogP contribution in [0.25, 0.3) is 0 Å². The molecule has 0 unspecified atom stereocenters. The normalized spacial score (nSPS) is 11.7. The van der Waals surface area contributed by atoms with Gasteiger partial charge in [0.05, 0.1) is 0 Å². The van der Waals surface area contributed by atoms with Crippen molar-refractivity contribution in [2.75, 3.05) is 13.1 Å². The van der Waals surface area contributed by atoms with Crippen molar-refractivity contribution < 1.29 is 14.7 Å². The molecule has 0 heterocycles. The molecule has 0 rings (SSSR count). The Hall–Kier alpha value is -1.36. The van der Waals surface area contributed by atoms with Gasteiger partial charge in [0.15, 0.2) is 0 Å². The second-order valence-electron chi connectivity index (χ2n) is 4.39. The van der Waals surface area contributed by atoms with Gasteiger partial charge in [-0.05, 0) is 27.7 Å². The first kappa shape index (κ1) is 15.6. The maximum atomic E-state index is 11.2. The molecular weight excluding hydrogens is 220 g/mol. The molecule has 5 nitrogen and oxygen atoms in total. The summed E-state index contributed by atoms with van der Waals surface area (Å²) in [6, 6.07) is 0.836. The van der Waals surface area contributed by atoms with E-state index in [1.54, 1.807) is 0 Å². The van der Waals surface area contributed by atoms with Crippen LogP contribution in [0.3, 0.4) is 0 Å². The Balaban J connectivity index is 3.97. The minimum absolute atomic E-state index is 0.375. The van der Waals surface area contributed by atoms with E-state index in [-0.39, 0.29) is 5.91 Å². The smallest absolute Gasteiger partial charge is 0.328 e. The summed E-state index contributed by atoms with van der Waals surface area (Å²) in [7, 11) is 0. The summed E-state index contributed by atoms with van der Waals surface area (Å²) in [6.45, 7) is 9.68. The van der Waals surface area contributed by atoms with Crippen molar-refractivity contribution in [2.45, 2.75) is 39.8 Å². The summed E-state index contributed by atoms with van der Waals surface area (Å²) >= 11 is 0. The molecule has 0 aromatic rings. The molecular formula is C12H22N2O3. The molecule has 0 aromatic carbocycles. The summed E-state index contributed by atoms with van der Waals surface area (Å²) in [5.41, 5.74) is 0. The molecule has 2 N–H and O–H groups in total. The fraction of sp³-hybridized carbons (Fsp3) is 0.667. The van der Waals surface area contributed by atoms with Crippen molar-refractivity contribution >= 4 is 11.9 Å². The molecule has 0 spiro atoms. The summed E-state index contributed by atoms with van der Waals surface area (Å²) < 4.78 is 0. The topological polar surface area (TPSA) is 69.6 Å². The van der Waals surface area contributed by atoms with Gasteiger partial charge < -0.3 is 10.4 Å². The van der Waals surface area contributed by atoms with Crippen LogP contribution in [0.15, 0.2) is 12.2 Å². The molecule has 98 valence electrons. The molecule has 17 heavy (non-hydrogen) atoms. The SMILES string of the molecule is CC(C)N(CCNC(=O)/C=C/C(=O)O)C(C)C. The van der Waals surface area contributed by atoms with E-state index in [0.29, 0.717) is 18.6 Å². The zero-order chi connectivity index (χ0) is 13.4. The number of rotatable bonds is 7. The summed E-state index contributed by atoms with van der Waals surface area (Å²) in [4.78, 5) is 23.6. The minimum atomic E-state index is -1.12. The number of amides is 1. The molecule has 0 aliphatic heterocycles. The quantitative estimate of drug-likeness (QED) is 0.650. The predicted octanol–water partition coefficient (Wildman–Crippen LogP) is 0.862. The molecule has 0 aromatic heterocycles. The highest BCUT2D eigenvalue weighted by molar-refractivity contribution is 5.93. The van der Waals surface area contributed by atoms with Crippen LogP contribution >= 0.6 is 0 Å². The average molecular weight is 242 g/mol. The van der Waals surface area contributed by atoms with Crippen LogP contribution < -0.4 is 5.32 Å². The van der Waals surface area contributed by atoms with Gasteiger partial charge in [0.2, 0.25) is 5.91 Å². The van der Waals surface area contributed by atoms with Crippen LogP contribution in [-0.4, -0.2) is 47.1 Å². The zero-order valence-electron chi connectivity index (χ0n) is 10.9. The van der Waals surface area contributed by atoms with Gasteiger partial charge in [0, 0.05) is 37.3 Å². The molecule has 1 amide bonds. The van der Waals surface area contributed by atoms with E-state index in [9.17, 15) is 9.59 Å². The summed E-state index contributed by atoms with van der Waals surface area (Å²) in [5, 5.41) is 11.0. The van der Waals surface area contributed by atoms with Crippen LogP contribution in [0, 0.1) is 0 Å². The Morgan fingerprint density at radius 3 is 2.12 bits per heavy atom. The van der Waals surface area contributed by atoms with E-state index >= 15 is 0 Å². The number of carboxylic acid groups (broad SMARTS) is 1. The van der Waals surface area contributed by atoms with E-state index in [0.717, 1.165) is 18.7 Å². The first-order valence-corrected chi connectivity index (χ1v) is 5.79. The number of nitrogens with one attached hydrogen (secondary N) is 1. The lowest BCUT2D eigenvalue weighted by atomic mass is 10.2. The zero-order valence-corrected chi connectivity index (χ0v) is 10.9. The first-order valence-electron chi connectivity index (χ1n) is 5.79. The Labute approximate surface area is 102 Å². The number of nitrogens with zero attached hydrogens (tertiary/aromatic N) is 1. The van der Waals surface area contributed by atoms with Gasteiger partial charge in [0.1, 0.15) is 0 Å². The van der Waals surface area contributed by atoms with Crippen molar-refractivity contribution in [3.8, 4) is 0 Å². The van der Waals surface area contributed by atoms with Gasteiger partial charge in [-0.3, -0.25) is 9.69 Å². The predicted molar refractivity (Wildman–Crippen MR) is 66.8 cm³/mol. The van der Waals surface area contributed by atoms with Gasteiger partial charge >= 0.3 is 5.97 Å². The number of hydrogen-bond acceptors (Lipinski definition) is 3. The highest BCUT2D eigenvalue weighted by atomic mass is 16.4. The maximum Gasteiger partial charge on any atom is 0.328 e. The molecule has 5 heteroatoms. The lowest BCUT2D eigenvalue weighted by Gasteiger charge is -2.30. The van der Waals surface area contributed by atoms with E-state index in [1.165, 1.54) is 0 Å². The third kappa shape index (κ3) is 7.52. The average Bonchev–Trinajstić information content (AvgIpc) is 2.20. The molecule has 0 bridgehead atoms. The van der Waals surface area contributed by atoms with Crippen LogP contribution in [0.4, 0.5) is 0 Å². The van der Waals surface area contributed by atoms with Crippen molar-refractivity contribution in [1.29, 1.82) is 0 Å². The van der Waals surface area contributed by atoms with Crippen molar-refractivity contribution in [3.05, 3.63) is 12.2 Å². The standard InChI is InChI=1S/C12H22N2O3/c1-9(2)14(10(3)4)8-7-13-11(15)5-6-12(16)17/h5-6,9-10H,7-8H2,1-4H3,(H,13,15)(H,16,17)/b6-5+. The molecule has 0 fully saturated rings. The lowest BCUT2D eigenvalue weighted by molar-refractivity contribution is -0.131. The third-order valence-corrected chi connectivity index (χ3v) is 2.37. The fourth-order valence-electron chi connectivity index (χ4n) is 1.63. The van der Waals surface area contributed by atoms with E-state index in [2.05, 4.69) is 37.9 Å². The van der Waals surface area contributed by atoms with Crippen molar-refractivity contribution in [3.63, 3.8) is 0 Å². The number of carbonyl (C=O) groups is 2. The molecule has 0 saturated heterocycles. The van der Waals surface area contributed by atoms with Crippen LogP contribution in [-0.2, 0) is 9.59 Å². The third-order valence-electron chi connectivity index (χ3n) is 2.37. The number of hydrogen-bond donors (Lipinski definition) is 2. The van der Waals surface area contributed by atoms with Crippen LogP contribution in [0.2, 0.25) is 0 Å². The van der Waals surface area contributed by atoms with Gasteiger partial charge in [-0.2, -0.15) is 0 Å². The van der Waals surface area contributed by atoms with Gasteiger partial charge in [-0.15, -0.1) is 0 Å². The van der Waals surface area contributed by atoms with Crippen molar-refractivity contribution in [1.82, 2.24) is 10.2 Å². The summed E-state index contributed by atoms with van der Waals surface area (Å²) in [6.07, 6.45) is 1.86. The second-order valence-corrected chi connectivity index (χ2v) is 4.39. The maximum absolute atomic E-state index is 11.2. The van der Waals surface area contributed by atoms with Gasteiger partial charge in [-0.1, -0.05) is 0 Å². The van der Waals surface area contributed by atoms with Crippen molar-refractivity contribution in [2.24, 2.45) is 0 Å². The molecule has 0 atom stereocenters. The van der Waals surface area contributed by atoms with Crippen LogP contribution in [0.5, 0.6) is 0 Å². The lowest BCUT2D eigenvalue weighted by Crippen LogP contribution is -2.42. The number of aliphatic carboxylic acids is 1. The minimum Gasteiger partial charge on any atom is -0.478 e. The molecule has 0 aliphatic rings. The van der Waals surface area contributed by atoms with Crippen LogP contribution in [0.1, 0.15) is 27.7 Å². The molecule has 0 radical (unpaired) electrons. The summed E-state index contributed by atoms with van der Waals surface area (Å²) in [5.74, 6) is -1.49. The highest BCUT2D eigenvalue weighted by Crippen LogP contribution is 2.03. The highest BCUT2D eigenvalue weighted by Gasteiger charge is 2.12. The number of carbonyl (C=O) groups excluding carboxylic acids is 1. The van der Waals surface area contributed by atoms with Gasteiger partial charge in [-0.25, -0.2) is 4.79 Å². The van der Waals surface area contributed by atoms with Gasteiger partial charge in [0.25, 0.3) is 0 Å². The Morgan fingerprint density at radius 1 is 1.18 bits per heavy atom. The Kier molecular flexibility index (Phi) is 7.21. The first-order chi connectivity index (χ1) is 7.84. The monoisotopic (exact) mass is 242 g/mol. The van der Waals surface area contributed by atoms with E-state index in [4.69, 9.17) is 5.11 Å². The number of carboxylic acids is 1. The molecule has 0 aliphatic carbocycles. The Bertz CT molecular complexity index is 277. The fourth-order valence-corrected chi connectivity index (χ4v) is 1.63. The largest absolute Gasteiger partial charge is 0.478 e. The second kappa shape index (κ2) is 7.84. The Morgan fingerprint density at radius 2 is 1.71 bits per heavy atom. The van der Waals surface area contributed by atoms with E-state index < -0.39 is 5.97 Å². The van der Waals surface area contributed by atoms with E-state index in [1.807, 2.05) is 0 Å². The molecule has 0 saturated carbocycles.